The summed E-state index contributed by atoms with van der Waals surface area (Å²) in [4.78, 5) is 4.02. The molecule has 1 aromatic heterocycles. The zero-order valence-electron chi connectivity index (χ0n) is 8.97. The summed E-state index contributed by atoms with van der Waals surface area (Å²) in [6, 6.07) is 0. The molecule has 14 heavy (non-hydrogen) atoms. The summed E-state index contributed by atoms with van der Waals surface area (Å²) in [5, 5.41) is 0.501. The van der Waals surface area contributed by atoms with Gasteiger partial charge in [0.1, 0.15) is 0 Å². The molecule has 2 heteroatoms. The highest BCUT2D eigenvalue weighted by Gasteiger charge is 2.03. The maximum atomic E-state index is 5.78. The minimum atomic E-state index is 0.501. The molecule has 1 nitrogen and oxygen atoms in total. The third kappa shape index (κ3) is 3.00. The summed E-state index contributed by atoms with van der Waals surface area (Å²) in [5.41, 5.74) is 2.92. The van der Waals surface area contributed by atoms with Crippen LogP contribution in [0.4, 0.5) is 0 Å². The predicted molar refractivity (Wildman–Crippen MR) is 65.3 cm³/mol. The van der Waals surface area contributed by atoms with Gasteiger partial charge >= 0.3 is 0 Å². The van der Waals surface area contributed by atoms with Crippen LogP contribution < -0.4 is 0 Å². The van der Waals surface area contributed by atoms with Crippen molar-refractivity contribution in [2.45, 2.75) is 20.8 Å². The molecule has 1 heterocycles. The van der Waals surface area contributed by atoms with Crippen LogP contribution in [0.3, 0.4) is 0 Å². The molecule has 0 saturated carbocycles. The van der Waals surface area contributed by atoms with Crippen LogP contribution in [0, 0.1) is 6.92 Å². The fourth-order valence-corrected chi connectivity index (χ4v) is 1.21. The van der Waals surface area contributed by atoms with Crippen LogP contribution >= 0.6 is 11.6 Å². The quantitative estimate of drug-likeness (QED) is 0.709. The van der Waals surface area contributed by atoms with E-state index in [9.17, 15) is 0 Å². The number of hydrogen-bond acceptors (Lipinski definition) is 1. The van der Waals surface area contributed by atoms with Crippen molar-refractivity contribution < 1.29 is 0 Å². The first-order valence-corrected chi connectivity index (χ1v) is 4.96. The summed E-state index contributed by atoms with van der Waals surface area (Å²) < 4.78 is 0. The second-order valence-electron chi connectivity index (χ2n) is 2.53. The van der Waals surface area contributed by atoms with Gasteiger partial charge in [0.15, 0.2) is 0 Å². The molecule has 0 amide bonds. The van der Waals surface area contributed by atoms with E-state index in [2.05, 4.69) is 18.1 Å². The van der Waals surface area contributed by atoms with Crippen molar-refractivity contribution in [2.24, 2.45) is 0 Å². The largest absolute Gasteiger partial charge is 0.264 e. The van der Waals surface area contributed by atoms with Gasteiger partial charge in [0.05, 0.1) is 0 Å². The molecule has 0 bridgehead atoms. The Labute approximate surface area is 91.1 Å². The van der Waals surface area contributed by atoms with Gasteiger partial charge in [-0.3, -0.25) is 4.98 Å². The average Bonchev–Trinajstić information content (AvgIpc) is 2.20. The first kappa shape index (κ1) is 12.9. The Kier molecular flexibility index (Phi) is 5.89. The first-order valence-electron chi connectivity index (χ1n) is 4.58. The Morgan fingerprint density at radius 2 is 2.00 bits per heavy atom. The summed E-state index contributed by atoms with van der Waals surface area (Å²) in [7, 11) is 0. The van der Waals surface area contributed by atoms with Gasteiger partial charge in [-0.2, -0.15) is 0 Å². The zero-order valence-corrected chi connectivity index (χ0v) is 9.73. The third-order valence-corrected chi connectivity index (χ3v) is 1.89. The van der Waals surface area contributed by atoms with Gasteiger partial charge in [0.25, 0.3) is 0 Å². The predicted octanol–water partition coefficient (Wildman–Crippen LogP) is 4.27. The van der Waals surface area contributed by atoms with Crippen LogP contribution in [0.5, 0.6) is 0 Å². The van der Waals surface area contributed by atoms with Crippen molar-refractivity contribution in [3.8, 4) is 0 Å². The van der Waals surface area contributed by atoms with E-state index in [1.54, 1.807) is 18.5 Å². The average molecular weight is 210 g/mol. The molecule has 0 aliphatic rings. The molecule has 76 valence electrons. The van der Waals surface area contributed by atoms with Crippen molar-refractivity contribution >= 4 is 22.7 Å². The molecule has 0 N–H and O–H groups in total. The molecule has 0 radical (unpaired) electrons. The number of aryl methyl sites for hydroxylation is 1. The zero-order chi connectivity index (χ0) is 11.1. The van der Waals surface area contributed by atoms with Crippen molar-refractivity contribution in [1.82, 2.24) is 4.98 Å². The lowest BCUT2D eigenvalue weighted by molar-refractivity contribution is 1.24. The Balaban J connectivity index is 0.000000791. The summed E-state index contributed by atoms with van der Waals surface area (Å²) >= 11 is 5.78. The highest BCUT2D eigenvalue weighted by molar-refractivity contribution is 6.48. The smallest absolute Gasteiger partial charge is 0.0428 e. The van der Waals surface area contributed by atoms with E-state index in [0.29, 0.717) is 5.03 Å². The van der Waals surface area contributed by atoms with Gasteiger partial charge in [0, 0.05) is 23.0 Å². The molecule has 0 saturated heterocycles. The Hall–Kier alpha value is -1.08. The summed E-state index contributed by atoms with van der Waals surface area (Å²) in [6.07, 6.45) is 5.24. The molecule has 0 aliphatic heterocycles. The normalized spacial score (nSPS) is 8.57. The summed E-state index contributed by atoms with van der Waals surface area (Å²) in [6.45, 7) is 13.3. The van der Waals surface area contributed by atoms with Crippen molar-refractivity contribution in [1.29, 1.82) is 0 Å². The molecular weight excluding hydrogens is 194 g/mol. The lowest BCUT2D eigenvalue weighted by Crippen LogP contribution is -1.89. The van der Waals surface area contributed by atoms with Gasteiger partial charge in [-0.05, 0) is 18.1 Å². The number of halogens is 1. The molecule has 0 unspecified atom stereocenters. The minimum Gasteiger partial charge on any atom is -0.264 e. The molecule has 0 fully saturated rings. The Morgan fingerprint density at radius 3 is 2.36 bits per heavy atom. The molecule has 0 atom stereocenters. The van der Waals surface area contributed by atoms with Gasteiger partial charge in [0.2, 0.25) is 0 Å². The lowest BCUT2D eigenvalue weighted by atomic mass is 10.1. The van der Waals surface area contributed by atoms with Gasteiger partial charge < -0.3 is 0 Å². The Morgan fingerprint density at radius 1 is 1.43 bits per heavy atom. The first-order chi connectivity index (χ1) is 6.66. The monoisotopic (exact) mass is 209 g/mol. The molecule has 0 aromatic carbocycles. The van der Waals surface area contributed by atoms with Crippen LogP contribution in [-0.4, -0.2) is 4.98 Å². The fourth-order valence-electron chi connectivity index (χ4n) is 1.06. The van der Waals surface area contributed by atoms with Crippen molar-refractivity contribution in [3.63, 3.8) is 0 Å². The van der Waals surface area contributed by atoms with Crippen LogP contribution in [0.15, 0.2) is 25.6 Å². The number of hydrogen-bond donors (Lipinski definition) is 0. The number of nitrogens with zero attached hydrogens (tertiary/aromatic N) is 1. The SMILES string of the molecule is C=Cc1c(C)cncc1C(=C)Cl.CC. The highest BCUT2D eigenvalue weighted by Crippen LogP contribution is 2.23. The highest BCUT2D eigenvalue weighted by atomic mass is 35.5. The van der Waals surface area contributed by atoms with Gasteiger partial charge in [-0.25, -0.2) is 0 Å². The third-order valence-electron chi connectivity index (χ3n) is 1.68. The lowest BCUT2D eigenvalue weighted by Gasteiger charge is -2.05. The van der Waals surface area contributed by atoms with Crippen molar-refractivity contribution in [2.75, 3.05) is 0 Å². The van der Waals surface area contributed by atoms with E-state index in [1.165, 1.54) is 0 Å². The maximum absolute atomic E-state index is 5.78. The number of rotatable bonds is 2. The molecule has 1 rings (SSSR count). The van der Waals surface area contributed by atoms with Crippen molar-refractivity contribution in [3.05, 3.63) is 42.2 Å². The maximum Gasteiger partial charge on any atom is 0.0428 e. The number of aromatic nitrogens is 1. The van der Waals surface area contributed by atoms with E-state index in [1.807, 2.05) is 20.8 Å². The molecular formula is C12H16ClN. The molecule has 1 aromatic rings. The summed E-state index contributed by atoms with van der Waals surface area (Å²) in [5.74, 6) is 0. The van der Waals surface area contributed by atoms with E-state index in [0.717, 1.165) is 16.7 Å². The number of pyridine rings is 1. The molecule has 0 spiro atoms. The van der Waals surface area contributed by atoms with Gasteiger partial charge in [-0.1, -0.05) is 44.7 Å². The van der Waals surface area contributed by atoms with Crippen LogP contribution in [0.25, 0.3) is 11.1 Å². The van der Waals surface area contributed by atoms with Gasteiger partial charge in [-0.15, -0.1) is 0 Å². The second-order valence-corrected chi connectivity index (χ2v) is 2.98. The Bertz CT molecular complexity index is 329. The van der Waals surface area contributed by atoms with Crippen LogP contribution in [-0.2, 0) is 0 Å². The van der Waals surface area contributed by atoms with E-state index >= 15 is 0 Å². The fraction of sp³-hybridized carbons (Fsp3) is 0.250. The standard InChI is InChI=1S/C10H10ClN.C2H6/c1-4-9-7(2)5-12-6-10(9)8(3)11;1-2/h4-6H,1,3H2,2H3;1-2H3. The van der Waals surface area contributed by atoms with E-state index in [-0.39, 0.29) is 0 Å². The van der Waals surface area contributed by atoms with E-state index < -0.39 is 0 Å². The van der Waals surface area contributed by atoms with Crippen LogP contribution in [0.1, 0.15) is 30.5 Å². The molecule has 0 aliphatic carbocycles. The van der Waals surface area contributed by atoms with Crippen LogP contribution in [0.2, 0.25) is 0 Å². The minimum absolute atomic E-state index is 0.501. The second kappa shape index (κ2) is 6.39. The van der Waals surface area contributed by atoms with E-state index in [4.69, 9.17) is 11.6 Å². The topological polar surface area (TPSA) is 12.9 Å².